The topological polar surface area (TPSA) is 80.6 Å². The minimum Gasteiger partial charge on any atom is -0.484 e. The molecule has 0 atom stereocenters. The third-order valence-electron chi connectivity index (χ3n) is 4.50. The summed E-state index contributed by atoms with van der Waals surface area (Å²) in [5.41, 5.74) is 1.73. The van der Waals surface area contributed by atoms with Gasteiger partial charge in [0.1, 0.15) is 16.8 Å². The molecule has 1 aromatic heterocycles. The Bertz CT molecular complexity index is 884. The maximum absolute atomic E-state index is 12.3. The largest absolute Gasteiger partial charge is 0.484 e. The van der Waals surface area contributed by atoms with Crippen molar-refractivity contribution < 1.29 is 19.0 Å². The standard InChI is InChI=1S/C19H18N2O4S/c20-9-14-13-4-2-1-3-5-17(13)26-19(14)21-18(22)10-23-12-6-7-15-16(8-12)25-11-24-15/h6-8H,1-5,10-11H2,(H,21,22). The molecule has 1 amide bonds. The van der Waals surface area contributed by atoms with Gasteiger partial charge in [0.25, 0.3) is 5.91 Å². The molecular formula is C19H18N2O4S. The number of anilines is 1. The van der Waals surface area contributed by atoms with Gasteiger partial charge < -0.3 is 19.5 Å². The number of hydrogen-bond acceptors (Lipinski definition) is 6. The molecule has 0 fully saturated rings. The highest BCUT2D eigenvalue weighted by molar-refractivity contribution is 7.16. The third kappa shape index (κ3) is 3.33. The van der Waals surface area contributed by atoms with Crippen LogP contribution in [0.1, 0.15) is 35.3 Å². The van der Waals surface area contributed by atoms with Gasteiger partial charge in [-0.3, -0.25) is 4.79 Å². The molecule has 0 saturated carbocycles. The Morgan fingerprint density at radius 2 is 2.08 bits per heavy atom. The predicted octanol–water partition coefficient (Wildman–Crippen LogP) is 3.63. The van der Waals surface area contributed by atoms with E-state index in [2.05, 4.69) is 11.4 Å². The number of amides is 1. The number of nitrogens with zero attached hydrogens (tertiary/aromatic N) is 1. The Labute approximate surface area is 155 Å². The molecule has 2 aromatic rings. The van der Waals surface area contributed by atoms with Gasteiger partial charge in [-0.2, -0.15) is 5.26 Å². The van der Waals surface area contributed by atoms with Crippen molar-refractivity contribution in [3.8, 4) is 23.3 Å². The molecule has 1 aliphatic carbocycles. The Morgan fingerprint density at radius 3 is 2.96 bits per heavy atom. The van der Waals surface area contributed by atoms with Crippen LogP contribution in [-0.2, 0) is 17.6 Å². The first kappa shape index (κ1) is 16.7. The van der Waals surface area contributed by atoms with Gasteiger partial charge in [-0.25, -0.2) is 0 Å². The fourth-order valence-corrected chi connectivity index (χ4v) is 4.48. The van der Waals surface area contributed by atoms with Gasteiger partial charge in [0.2, 0.25) is 6.79 Å². The molecule has 1 aliphatic heterocycles. The Kier molecular flexibility index (Phi) is 4.67. The quantitative estimate of drug-likeness (QED) is 0.831. The van der Waals surface area contributed by atoms with Crippen molar-refractivity contribution in [2.75, 3.05) is 18.7 Å². The number of carbonyl (C=O) groups excluding carboxylic acids is 1. The van der Waals surface area contributed by atoms with Crippen LogP contribution in [0.15, 0.2) is 18.2 Å². The summed E-state index contributed by atoms with van der Waals surface area (Å²) in [6, 6.07) is 7.44. The summed E-state index contributed by atoms with van der Waals surface area (Å²) < 4.78 is 16.1. The maximum Gasteiger partial charge on any atom is 0.262 e. The number of nitriles is 1. The first-order valence-electron chi connectivity index (χ1n) is 8.61. The average Bonchev–Trinajstić information content (AvgIpc) is 3.16. The molecule has 2 aliphatic rings. The summed E-state index contributed by atoms with van der Waals surface area (Å²) in [5.74, 6) is 1.53. The van der Waals surface area contributed by atoms with Gasteiger partial charge >= 0.3 is 0 Å². The number of rotatable bonds is 4. The van der Waals surface area contributed by atoms with E-state index in [9.17, 15) is 10.1 Å². The molecule has 4 rings (SSSR count). The minimum absolute atomic E-state index is 0.132. The zero-order chi connectivity index (χ0) is 17.9. The maximum atomic E-state index is 12.3. The third-order valence-corrected chi connectivity index (χ3v) is 5.71. The van der Waals surface area contributed by atoms with Gasteiger partial charge in [0, 0.05) is 10.9 Å². The van der Waals surface area contributed by atoms with Crippen LogP contribution in [-0.4, -0.2) is 19.3 Å². The fourth-order valence-electron chi connectivity index (χ4n) is 3.23. The Morgan fingerprint density at radius 1 is 1.23 bits per heavy atom. The monoisotopic (exact) mass is 370 g/mol. The number of benzene rings is 1. The van der Waals surface area contributed by atoms with E-state index >= 15 is 0 Å². The van der Waals surface area contributed by atoms with Crippen molar-refractivity contribution in [3.05, 3.63) is 34.2 Å². The molecule has 7 heteroatoms. The summed E-state index contributed by atoms with van der Waals surface area (Å²) in [6.45, 7) is 0.0618. The minimum atomic E-state index is -0.282. The summed E-state index contributed by atoms with van der Waals surface area (Å²) in [6.07, 6.45) is 5.33. The van der Waals surface area contributed by atoms with E-state index in [1.165, 1.54) is 22.6 Å². The first-order valence-corrected chi connectivity index (χ1v) is 9.43. The van der Waals surface area contributed by atoms with Gasteiger partial charge in [-0.15, -0.1) is 11.3 Å². The van der Waals surface area contributed by atoms with Crippen LogP contribution in [0.2, 0.25) is 0 Å². The van der Waals surface area contributed by atoms with E-state index in [0.717, 1.165) is 31.2 Å². The van der Waals surface area contributed by atoms with E-state index in [1.54, 1.807) is 18.2 Å². The van der Waals surface area contributed by atoms with Crippen LogP contribution in [0.4, 0.5) is 5.00 Å². The Hall–Kier alpha value is -2.72. The van der Waals surface area contributed by atoms with E-state index in [-0.39, 0.29) is 19.3 Å². The first-order chi connectivity index (χ1) is 12.7. The SMILES string of the molecule is N#Cc1c(NC(=O)COc2ccc3c(c2)OCO3)sc2c1CCCCC2. The van der Waals surface area contributed by atoms with Crippen molar-refractivity contribution in [3.63, 3.8) is 0 Å². The molecular weight excluding hydrogens is 352 g/mol. The van der Waals surface area contributed by atoms with Gasteiger partial charge in [0.15, 0.2) is 18.1 Å². The van der Waals surface area contributed by atoms with Crippen molar-refractivity contribution >= 4 is 22.2 Å². The molecule has 0 bridgehead atoms. The lowest BCUT2D eigenvalue weighted by atomic mass is 10.1. The number of carbonyl (C=O) groups is 1. The van der Waals surface area contributed by atoms with Crippen molar-refractivity contribution in [1.29, 1.82) is 5.26 Å². The number of thiophene rings is 1. The summed E-state index contributed by atoms with van der Waals surface area (Å²) in [4.78, 5) is 13.5. The smallest absolute Gasteiger partial charge is 0.262 e. The number of nitrogens with one attached hydrogen (secondary N) is 1. The van der Waals surface area contributed by atoms with Gasteiger partial charge in [-0.05, 0) is 43.4 Å². The molecule has 26 heavy (non-hydrogen) atoms. The van der Waals surface area contributed by atoms with Crippen molar-refractivity contribution in [2.24, 2.45) is 0 Å². The second-order valence-electron chi connectivity index (χ2n) is 6.23. The van der Waals surface area contributed by atoms with Crippen LogP contribution in [0.5, 0.6) is 17.2 Å². The Balaban J connectivity index is 1.41. The highest BCUT2D eigenvalue weighted by atomic mass is 32.1. The molecule has 6 nitrogen and oxygen atoms in total. The molecule has 0 radical (unpaired) electrons. The zero-order valence-electron chi connectivity index (χ0n) is 14.2. The van der Waals surface area contributed by atoms with Crippen molar-refractivity contribution in [1.82, 2.24) is 0 Å². The van der Waals surface area contributed by atoms with E-state index in [0.29, 0.717) is 27.8 Å². The van der Waals surface area contributed by atoms with Crippen LogP contribution < -0.4 is 19.5 Å². The molecule has 0 saturated heterocycles. The lowest BCUT2D eigenvalue weighted by Crippen LogP contribution is -2.20. The highest BCUT2D eigenvalue weighted by Gasteiger charge is 2.21. The molecule has 2 heterocycles. The molecule has 0 unspecified atom stereocenters. The molecule has 1 N–H and O–H groups in total. The van der Waals surface area contributed by atoms with Gasteiger partial charge in [0.05, 0.1) is 5.56 Å². The van der Waals surface area contributed by atoms with E-state index in [1.807, 2.05) is 0 Å². The second kappa shape index (κ2) is 7.26. The summed E-state index contributed by atoms with van der Waals surface area (Å²) >= 11 is 1.52. The number of hydrogen-bond donors (Lipinski definition) is 1. The normalized spacial score (nSPS) is 14.9. The number of fused-ring (bicyclic) bond motifs is 2. The van der Waals surface area contributed by atoms with Gasteiger partial charge in [-0.1, -0.05) is 6.42 Å². The predicted molar refractivity (Wildman–Crippen MR) is 97.0 cm³/mol. The molecule has 1 aromatic carbocycles. The van der Waals surface area contributed by atoms with Crippen LogP contribution in [0, 0.1) is 11.3 Å². The highest BCUT2D eigenvalue weighted by Crippen LogP contribution is 2.37. The average molecular weight is 370 g/mol. The fraction of sp³-hybridized carbons (Fsp3) is 0.368. The number of aryl methyl sites for hydroxylation is 1. The second-order valence-corrected chi connectivity index (χ2v) is 7.34. The lowest BCUT2D eigenvalue weighted by Gasteiger charge is -2.07. The van der Waals surface area contributed by atoms with E-state index < -0.39 is 0 Å². The van der Waals surface area contributed by atoms with Crippen LogP contribution in [0.3, 0.4) is 0 Å². The summed E-state index contributed by atoms with van der Waals surface area (Å²) in [5, 5.41) is 13.0. The van der Waals surface area contributed by atoms with Crippen LogP contribution >= 0.6 is 11.3 Å². The van der Waals surface area contributed by atoms with E-state index in [4.69, 9.17) is 14.2 Å². The number of ether oxygens (including phenoxy) is 3. The molecule has 0 spiro atoms. The molecule has 134 valence electrons. The summed E-state index contributed by atoms with van der Waals surface area (Å²) in [7, 11) is 0. The van der Waals surface area contributed by atoms with Crippen molar-refractivity contribution in [2.45, 2.75) is 32.1 Å². The lowest BCUT2D eigenvalue weighted by molar-refractivity contribution is -0.118. The zero-order valence-corrected chi connectivity index (χ0v) is 15.0. The van der Waals surface area contributed by atoms with Crippen LogP contribution in [0.25, 0.3) is 0 Å².